The second-order valence-corrected chi connectivity index (χ2v) is 5.55. The number of nitrogens with one attached hydrogen (secondary N) is 1. The van der Waals surface area contributed by atoms with Crippen molar-refractivity contribution in [2.45, 2.75) is 30.7 Å². The van der Waals surface area contributed by atoms with Crippen molar-refractivity contribution in [1.82, 2.24) is 0 Å². The Morgan fingerprint density at radius 2 is 2.11 bits per heavy atom. The summed E-state index contributed by atoms with van der Waals surface area (Å²) < 4.78 is 22.6. The average Bonchev–Trinajstić information content (AvgIpc) is 2.29. The quantitative estimate of drug-likeness (QED) is 0.562. The summed E-state index contributed by atoms with van der Waals surface area (Å²) in [5.41, 5.74) is 6.41. The first kappa shape index (κ1) is 14.7. The molecule has 0 aromatic heterocycles. The lowest BCUT2D eigenvalue weighted by atomic mass is 10.1. The number of hydrogen-bond acceptors (Lipinski definition) is 5. The lowest BCUT2D eigenvalue weighted by molar-refractivity contribution is 0.278. The molecular formula is C11H19N3O3S. The number of aliphatic hydroxyl groups excluding tert-OH is 1. The highest BCUT2D eigenvalue weighted by atomic mass is 32.2. The van der Waals surface area contributed by atoms with Crippen LogP contribution in [0.25, 0.3) is 0 Å². The zero-order valence-electron chi connectivity index (χ0n) is 10.3. The molecular weight excluding hydrogens is 254 g/mol. The molecule has 1 atom stereocenters. The summed E-state index contributed by atoms with van der Waals surface area (Å²) in [6, 6.07) is 4.66. The summed E-state index contributed by atoms with van der Waals surface area (Å²) in [5, 5.41) is 17.1. The second-order valence-electron chi connectivity index (χ2n) is 4.02. The number of nitrogens with two attached hydrogens (primary N) is 2. The van der Waals surface area contributed by atoms with Gasteiger partial charge in [-0.1, -0.05) is 13.0 Å². The fourth-order valence-corrected chi connectivity index (χ4v) is 2.36. The van der Waals surface area contributed by atoms with Crippen LogP contribution in [0.2, 0.25) is 0 Å². The highest BCUT2D eigenvalue weighted by Gasteiger charge is 2.16. The third kappa shape index (κ3) is 3.59. The van der Waals surface area contributed by atoms with Crippen molar-refractivity contribution in [2.75, 3.05) is 17.7 Å². The Hall–Kier alpha value is -1.31. The zero-order valence-corrected chi connectivity index (χ0v) is 11.1. The number of rotatable bonds is 6. The van der Waals surface area contributed by atoms with E-state index in [0.29, 0.717) is 12.1 Å². The van der Waals surface area contributed by atoms with Gasteiger partial charge in [0.25, 0.3) is 0 Å². The number of aliphatic hydroxyl groups is 1. The minimum absolute atomic E-state index is 0.0352. The van der Waals surface area contributed by atoms with Gasteiger partial charge >= 0.3 is 0 Å². The molecule has 6 nitrogen and oxygen atoms in total. The maximum absolute atomic E-state index is 11.3. The van der Waals surface area contributed by atoms with Crippen LogP contribution in [-0.4, -0.2) is 26.2 Å². The van der Waals surface area contributed by atoms with Gasteiger partial charge in [0, 0.05) is 12.6 Å². The molecule has 1 aromatic rings. The van der Waals surface area contributed by atoms with Crippen molar-refractivity contribution in [2.24, 2.45) is 5.14 Å². The van der Waals surface area contributed by atoms with Crippen LogP contribution in [0, 0.1) is 0 Å². The van der Waals surface area contributed by atoms with Crippen LogP contribution < -0.4 is 16.2 Å². The smallest absolute Gasteiger partial charge is 0.240 e. The number of anilines is 2. The van der Waals surface area contributed by atoms with Crippen LogP contribution in [0.3, 0.4) is 0 Å². The predicted octanol–water partition coefficient (Wildman–Crippen LogP) is 0.489. The average molecular weight is 273 g/mol. The van der Waals surface area contributed by atoms with Crippen LogP contribution in [0.5, 0.6) is 0 Å². The summed E-state index contributed by atoms with van der Waals surface area (Å²) in [5.74, 6) is 0. The van der Waals surface area contributed by atoms with Crippen molar-refractivity contribution >= 4 is 21.4 Å². The molecule has 0 aliphatic carbocycles. The van der Waals surface area contributed by atoms with E-state index in [1.165, 1.54) is 6.07 Å². The highest BCUT2D eigenvalue weighted by molar-refractivity contribution is 7.89. The van der Waals surface area contributed by atoms with E-state index in [1.54, 1.807) is 12.1 Å². The van der Waals surface area contributed by atoms with E-state index in [2.05, 4.69) is 5.32 Å². The van der Waals surface area contributed by atoms with Crippen molar-refractivity contribution in [3.63, 3.8) is 0 Å². The summed E-state index contributed by atoms with van der Waals surface area (Å²) in [4.78, 5) is -0.0913. The molecule has 6 N–H and O–H groups in total. The fraction of sp³-hybridized carbons (Fsp3) is 0.455. The molecule has 0 heterocycles. The van der Waals surface area contributed by atoms with Crippen LogP contribution in [0.1, 0.15) is 19.8 Å². The molecule has 0 aliphatic rings. The lowest BCUT2D eigenvalue weighted by Crippen LogP contribution is -2.22. The topological polar surface area (TPSA) is 118 Å². The first-order valence-electron chi connectivity index (χ1n) is 5.68. The molecule has 0 fully saturated rings. The van der Waals surface area contributed by atoms with E-state index in [9.17, 15) is 8.42 Å². The molecule has 0 aliphatic heterocycles. The number of benzene rings is 1. The summed E-state index contributed by atoms with van der Waals surface area (Å²) in [6.07, 6.45) is 1.36. The third-order valence-electron chi connectivity index (χ3n) is 2.70. The number of hydrogen-bond donors (Lipinski definition) is 4. The van der Waals surface area contributed by atoms with Gasteiger partial charge in [-0.2, -0.15) is 0 Å². The molecule has 0 saturated carbocycles. The Balaban J connectivity index is 3.04. The molecule has 1 rings (SSSR count). The van der Waals surface area contributed by atoms with Gasteiger partial charge < -0.3 is 16.2 Å². The van der Waals surface area contributed by atoms with E-state index in [4.69, 9.17) is 16.0 Å². The van der Waals surface area contributed by atoms with E-state index in [0.717, 1.165) is 6.42 Å². The Bertz CT molecular complexity index is 502. The maximum atomic E-state index is 11.3. The van der Waals surface area contributed by atoms with Gasteiger partial charge in [0.2, 0.25) is 10.0 Å². The molecule has 102 valence electrons. The zero-order chi connectivity index (χ0) is 13.8. The molecule has 0 amide bonds. The summed E-state index contributed by atoms with van der Waals surface area (Å²) in [6.45, 7) is 2.02. The SMILES string of the molecule is CCC(CCO)Nc1cccc(S(N)(=O)=O)c1N. The largest absolute Gasteiger partial charge is 0.396 e. The summed E-state index contributed by atoms with van der Waals surface area (Å²) in [7, 11) is -3.83. The van der Waals surface area contributed by atoms with E-state index < -0.39 is 10.0 Å². The van der Waals surface area contributed by atoms with Gasteiger partial charge in [-0.3, -0.25) is 0 Å². The third-order valence-corrected chi connectivity index (χ3v) is 3.67. The van der Waals surface area contributed by atoms with Crippen LogP contribution in [0.15, 0.2) is 23.1 Å². The molecule has 0 radical (unpaired) electrons. The Morgan fingerprint density at radius 3 is 2.61 bits per heavy atom. The number of sulfonamides is 1. The van der Waals surface area contributed by atoms with E-state index in [-0.39, 0.29) is 23.2 Å². The van der Waals surface area contributed by atoms with Crippen LogP contribution >= 0.6 is 0 Å². The van der Waals surface area contributed by atoms with Gasteiger partial charge in [0.15, 0.2) is 0 Å². The van der Waals surface area contributed by atoms with Crippen molar-refractivity contribution in [3.05, 3.63) is 18.2 Å². The fourth-order valence-electron chi connectivity index (χ4n) is 1.67. The standard InChI is InChI=1S/C11H19N3O3S/c1-2-8(6-7-15)14-9-4-3-5-10(11(9)12)18(13,16)17/h3-5,8,14-15H,2,6-7,12H2,1H3,(H2,13,16,17). The molecule has 0 spiro atoms. The van der Waals surface area contributed by atoms with Gasteiger partial charge in [0.1, 0.15) is 4.90 Å². The van der Waals surface area contributed by atoms with Gasteiger partial charge in [-0.25, -0.2) is 13.6 Å². The first-order chi connectivity index (χ1) is 8.40. The van der Waals surface area contributed by atoms with E-state index >= 15 is 0 Å². The minimum Gasteiger partial charge on any atom is -0.396 e. The number of primary sulfonamides is 1. The molecule has 7 heteroatoms. The number of para-hydroxylation sites is 1. The Morgan fingerprint density at radius 1 is 1.44 bits per heavy atom. The second kappa shape index (κ2) is 6.03. The van der Waals surface area contributed by atoms with Gasteiger partial charge in [-0.05, 0) is 25.0 Å². The van der Waals surface area contributed by atoms with Crippen molar-refractivity contribution in [3.8, 4) is 0 Å². The van der Waals surface area contributed by atoms with Gasteiger partial charge in [0.05, 0.1) is 11.4 Å². The molecule has 1 unspecified atom stereocenters. The highest BCUT2D eigenvalue weighted by Crippen LogP contribution is 2.26. The predicted molar refractivity (Wildman–Crippen MR) is 71.6 cm³/mol. The maximum Gasteiger partial charge on any atom is 0.240 e. The van der Waals surface area contributed by atoms with Crippen molar-refractivity contribution < 1.29 is 13.5 Å². The molecule has 0 bridgehead atoms. The Labute approximate surface area is 107 Å². The summed E-state index contributed by atoms with van der Waals surface area (Å²) >= 11 is 0. The monoisotopic (exact) mass is 273 g/mol. The number of nitrogen functional groups attached to an aromatic ring is 1. The normalized spacial score (nSPS) is 13.3. The molecule has 0 saturated heterocycles. The van der Waals surface area contributed by atoms with Crippen molar-refractivity contribution in [1.29, 1.82) is 0 Å². The first-order valence-corrected chi connectivity index (χ1v) is 7.23. The molecule has 18 heavy (non-hydrogen) atoms. The van der Waals surface area contributed by atoms with Crippen LogP contribution in [-0.2, 0) is 10.0 Å². The minimum atomic E-state index is -3.83. The molecule has 1 aromatic carbocycles. The van der Waals surface area contributed by atoms with Gasteiger partial charge in [-0.15, -0.1) is 0 Å². The van der Waals surface area contributed by atoms with Crippen LogP contribution in [0.4, 0.5) is 11.4 Å². The Kier molecular flexibility index (Phi) is 4.94. The lowest BCUT2D eigenvalue weighted by Gasteiger charge is -2.19. The van der Waals surface area contributed by atoms with E-state index in [1.807, 2.05) is 6.92 Å².